The molecule has 4 nitrogen and oxygen atoms in total. The smallest absolute Gasteiger partial charge is 0.265 e. The Bertz CT molecular complexity index is 767. The number of carbonyl (C=O) groups is 1. The molecule has 0 spiro atoms. The summed E-state index contributed by atoms with van der Waals surface area (Å²) >= 11 is 1.43. The van der Waals surface area contributed by atoms with Crippen LogP contribution in [-0.4, -0.2) is 18.0 Å². The number of amides is 1. The maximum absolute atomic E-state index is 12.2. The van der Waals surface area contributed by atoms with E-state index < -0.39 is 0 Å². The maximum atomic E-state index is 12.2. The Hall–Kier alpha value is -2.66. The molecule has 5 heteroatoms. The summed E-state index contributed by atoms with van der Waals surface area (Å²) in [5.41, 5.74) is 1.75. The molecule has 0 unspecified atom stereocenters. The normalized spacial score (nSPS) is 10.2. The van der Waals surface area contributed by atoms with Gasteiger partial charge in [-0.15, -0.1) is 11.3 Å². The molecule has 1 amide bonds. The molecule has 0 aliphatic rings. The fourth-order valence-corrected chi connectivity index (χ4v) is 2.87. The molecule has 1 aromatic carbocycles. The molecule has 3 aromatic rings. The number of hydrogen-bond acceptors (Lipinski definition) is 4. The number of ether oxygens (including phenoxy) is 1. The number of nitrogens with zero attached hydrogens (tertiary/aromatic N) is 1. The zero-order valence-corrected chi connectivity index (χ0v) is 12.8. The first-order valence-electron chi connectivity index (χ1n) is 6.73. The van der Waals surface area contributed by atoms with E-state index in [2.05, 4.69) is 10.3 Å². The van der Waals surface area contributed by atoms with Gasteiger partial charge in [0.2, 0.25) is 5.88 Å². The van der Waals surface area contributed by atoms with Crippen molar-refractivity contribution in [3.63, 3.8) is 0 Å². The summed E-state index contributed by atoms with van der Waals surface area (Å²) in [5, 5.41) is 2.88. The van der Waals surface area contributed by atoms with Crippen molar-refractivity contribution in [1.82, 2.24) is 4.98 Å². The number of methoxy groups -OCH3 is 1. The van der Waals surface area contributed by atoms with Gasteiger partial charge in [-0.25, -0.2) is 4.98 Å². The highest BCUT2D eigenvalue weighted by Crippen LogP contribution is 2.28. The van der Waals surface area contributed by atoms with Gasteiger partial charge >= 0.3 is 0 Å². The molecule has 0 aliphatic heterocycles. The monoisotopic (exact) mass is 310 g/mol. The number of rotatable bonds is 4. The van der Waals surface area contributed by atoms with Gasteiger partial charge in [0.1, 0.15) is 0 Å². The van der Waals surface area contributed by atoms with E-state index in [1.54, 1.807) is 19.4 Å². The van der Waals surface area contributed by atoms with Crippen LogP contribution in [0.2, 0.25) is 0 Å². The van der Waals surface area contributed by atoms with Crippen LogP contribution in [0.3, 0.4) is 0 Å². The molecule has 0 saturated carbocycles. The molecule has 0 atom stereocenters. The van der Waals surface area contributed by atoms with E-state index in [4.69, 9.17) is 4.74 Å². The SMILES string of the molecule is COc1ccc(-c2ccc(C(=O)Nc3ccccc3)s2)cn1. The summed E-state index contributed by atoms with van der Waals surface area (Å²) in [4.78, 5) is 18.1. The van der Waals surface area contributed by atoms with E-state index in [1.807, 2.05) is 48.5 Å². The van der Waals surface area contributed by atoms with Gasteiger partial charge in [0.15, 0.2) is 0 Å². The van der Waals surface area contributed by atoms with Crippen molar-refractivity contribution in [1.29, 1.82) is 0 Å². The minimum atomic E-state index is -0.107. The van der Waals surface area contributed by atoms with Gasteiger partial charge in [-0.3, -0.25) is 4.79 Å². The number of carbonyl (C=O) groups excluding carboxylic acids is 1. The molecule has 22 heavy (non-hydrogen) atoms. The summed E-state index contributed by atoms with van der Waals surface area (Å²) in [7, 11) is 1.58. The highest BCUT2D eigenvalue weighted by Gasteiger charge is 2.11. The van der Waals surface area contributed by atoms with E-state index in [9.17, 15) is 4.79 Å². The molecule has 0 fully saturated rings. The summed E-state index contributed by atoms with van der Waals surface area (Å²) in [6.45, 7) is 0. The van der Waals surface area contributed by atoms with Gasteiger partial charge in [0.05, 0.1) is 12.0 Å². The molecule has 110 valence electrons. The highest BCUT2D eigenvalue weighted by molar-refractivity contribution is 7.17. The van der Waals surface area contributed by atoms with E-state index >= 15 is 0 Å². The van der Waals surface area contributed by atoms with Crippen molar-refractivity contribution >= 4 is 22.9 Å². The van der Waals surface area contributed by atoms with Crippen LogP contribution >= 0.6 is 11.3 Å². The third-order valence-electron chi connectivity index (χ3n) is 3.09. The van der Waals surface area contributed by atoms with Gasteiger partial charge in [-0.05, 0) is 30.3 Å². The van der Waals surface area contributed by atoms with Crippen molar-refractivity contribution in [3.8, 4) is 16.3 Å². The zero-order chi connectivity index (χ0) is 15.4. The van der Waals surface area contributed by atoms with Gasteiger partial charge in [-0.1, -0.05) is 18.2 Å². The number of benzene rings is 1. The van der Waals surface area contributed by atoms with Crippen molar-refractivity contribution < 1.29 is 9.53 Å². The summed E-state index contributed by atoms with van der Waals surface area (Å²) in [5.74, 6) is 0.464. The predicted octanol–water partition coefficient (Wildman–Crippen LogP) is 4.07. The van der Waals surface area contributed by atoms with Gasteiger partial charge in [0, 0.05) is 28.4 Å². The van der Waals surface area contributed by atoms with Gasteiger partial charge in [-0.2, -0.15) is 0 Å². The lowest BCUT2D eigenvalue weighted by Crippen LogP contribution is -2.09. The van der Waals surface area contributed by atoms with E-state index in [0.29, 0.717) is 10.8 Å². The molecular weight excluding hydrogens is 296 g/mol. The second-order valence-corrected chi connectivity index (χ2v) is 5.66. The van der Waals surface area contributed by atoms with Crippen molar-refractivity contribution in [2.45, 2.75) is 0 Å². The van der Waals surface area contributed by atoms with Crippen LogP contribution < -0.4 is 10.1 Å². The lowest BCUT2D eigenvalue weighted by Gasteiger charge is -2.02. The standard InChI is InChI=1S/C17H14N2O2S/c1-21-16-10-7-12(11-18-16)14-8-9-15(22-14)17(20)19-13-5-3-2-4-6-13/h2-11H,1H3,(H,19,20). The highest BCUT2D eigenvalue weighted by atomic mass is 32.1. The number of nitrogens with one attached hydrogen (secondary N) is 1. The van der Waals surface area contributed by atoms with Crippen LogP contribution in [0.25, 0.3) is 10.4 Å². The first kappa shape index (κ1) is 14.3. The van der Waals surface area contributed by atoms with E-state index in [0.717, 1.165) is 16.1 Å². The summed E-state index contributed by atoms with van der Waals surface area (Å²) in [6, 6.07) is 16.9. The molecular formula is C17H14N2O2S. The minimum Gasteiger partial charge on any atom is -0.481 e. The fourth-order valence-electron chi connectivity index (χ4n) is 1.98. The Morgan fingerprint density at radius 1 is 1.09 bits per heavy atom. The number of pyridine rings is 1. The molecule has 0 bridgehead atoms. The Kier molecular flexibility index (Phi) is 4.16. The maximum Gasteiger partial charge on any atom is 0.265 e. The number of hydrogen-bond donors (Lipinski definition) is 1. The minimum absolute atomic E-state index is 0.107. The Balaban J connectivity index is 1.76. The van der Waals surface area contributed by atoms with Crippen LogP contribution in [-0.2, 0) is 0 Å². The fraction of sp³-hybridized carbons (Fsp3) is 0.0588. The zero-order valence-electron chi connectivity index (χ0n) is 11.9. The first-order valence-corrected chi connectivity index (χ1v) is 7.54. The molecule has 2 heterocycles. The summed E-state index contributed by atoms with van der Waals surface area (Å²) < 4.78 is 5.04. The second-order valence-electron chi connectivity index (χ2n) is 4.57. The Morgan fingerprint density at radius 3 is 2.59 bits per heavy atom. The Labute approximate surface area is 132 Å². The summed E-state index contributed by atoms with van der Waals surface area (Å²) in [6.07, 6.45) is 1.74. The average Bonchev–Trinajstić information content (AvgIpc) is 3.06. The van der Waals surface area contributed by atoms with Crippen molar-refractivity contribution in [2.24, 2.45) is 0 Å². The average molecular weight is 310 g/mol. The van der Waals surface area contributed by atoms with Gasteiger partial charge < -0.3 is 10.1 Å². The van der Waals surface area contributed by atoms with Crippen LogP contribution in [0.1, 0.15) is 9.67 Å². The number of para-hydroxylation sites is 1. The number of anilines is 1. The Morgan fingerprint density at radius 2 is 1.91 bits per heavy atom. The molecule has 3 rings (SSSR count). The largest absolute Gasteiger partial charge is 0.481 e. The quantitative estimate of drug-likeness (QED) is 0.790. The third-order valence-corrected chi connectivity index (χ3v) is 4.22. The molecule has 1 N–H and O–H groups in total. The molecule has 0 radical (unpaired) electrons. The van der Waals surface area contributed by atoms with Crippen molar-refractivity contribution in [2.75, 3.05) is 12.4 Å². The lowest BCUT2D eigenvalue weighted by atomic mass is 10.2. The lowest BCUT2D eigenvalue weighted by molar-refractivity contribution is 0.103. The van der Waals surface area contributed by atoms with E-state index in [1.165, 1.54) is 11.3 Å². The second kappa shape index (κ2) is 6.41. The van der Waals surface area contributed by atoms with Gasteiger partial charge in [0.25, 0.3) is 5.91 Å². The van der Waals surface area contributed by atoms with Crippen LogP contribution in [0.4, 0.5) is 5.69 Å². The molecule has 0 saturated heterocycles. The van der Waals surface area contributed by atoms with Crippen molar-refractivity contribution in [3.05, 3.63) is 65.7 Å². The van der Waals surface area contributed by atoms with E-state index in [-0.39, 0.29) is 5.91 Å². The van der Waals surface area contributed by atoms with Crippen LogP contribution in [0.15, 0.2) is 60.8 Å². The number of aromatic nitrogens is 1. The topological polar surface area (TPSA) is 51.2 Å². The molecule has 0 aliphatic carbocycles. The van der Waals surface area contributed by atoms with Crippen LogP contribution in [0, 0.1) is 0 Å². The molecule has 2 aromatic heterocycles. The third kappa shape index (κ3) is 3.15. The first-order chi connectivity index (χ1) is 10.8. The van der Waals surface area contributed by atoms with Crippen LogP contribution in [0.5, 0.6) is 5.88 Å². The predicted molar refractivity (Wildman–Crippen MR) is 88.5 cm³/mol. The number of thiophene rings is 1.